The first-order valence-electron chi connectivity index (χ1n) is 7.61. The number of hydrogen-bond acceptors (Lipinski definition) is 7. The molecule has 9 nitrogen and oxygen atoms in total. The lowest BCUT2D eigenvalue weighted by molar-refractivity contribution is -0.384. The number of amides is 2. The number of anilines is 1. The SMILES string of the molecule is Nc1cc2c3c(cc([N+](=O)[O-])cc3c1)C(=O)N(C(N)CCCO)C2=O. The third-order valence-corrected chi connectivity index (χ3v) is 4.16. The maximum atomic E-state index is 12.8. The summed E-state index contributed by atoms with van der Waals surface area (Å²) in [6.45, 7) is -0.130. The third kappa shape index (κ3) is 2.69. The van der Waals surface area contributed by atoms with Crippen molar-refractivity contribution >= 4 is 34.0 Å². The fourth-order valence-corrected chi connectivity index (χ4v) is 3.05. The van der Waals surface area contributed by atoms with Gasteiger partial charge < -0.3 is 16.6 Å². The number of nitrogens with two attached hydrogens (primary N) is 2. The van der Waals surface area contributed by atoms with Crippen LogP contribution in [0.25, 0.3) is 10.8 Å². The molecule has 2 aromatic rings. The van der Waals surface area contributed by atoms with Gasteiger partial charge in [-0.25, -0.2) is 0 Å². The van der Waals surface area contributed by atoms with Gasteiger partial charge in [0.25, 0.3) is 17.5 Å². The van der Waals surface area contributed by atoms with Crippen LogP contribution in [0.4, 0.5) is 11.4 Å². The van der Waals surface area contributed by atoms with Crippen molar-refractivity contribution in [3.63, 3.8) is 0 Å². The van der Waals surface area contributed by atoms with Crippen molar-refractivity contribution in [1.29, 1.82) is 0 Å². The summed E-state index contributed by atoms with van der Waals surface area (Å²) in [5, 5.41) is 20.8. The minimum Gasteiger partial charge on any atom is -0.399 e. The highest BCUT2D eigenvalue weighted by molar-refractivity contribution is 6.26. The Bertz CT molecular complexity index is 911. The molecular formula is C16H16N4O5. The number of aliphatic hydroxyl groups excluding tert-OH is 1. The quantitative estimate of drug-likeness (QED) is 0.316. The second kappa shape index (κ2) is 6.11. The van der Waals surface area contributed by atoms with E-state index in [1.54, 1.807) is 0 Å². The number of imide groups is 1. The average Bonchev–Trinajstić information content (AvgIpc) is 2.56. The molecule has 0 spiro atoms. The average molecular weight is 344 g/mol. The highest BCUT2D eigenvalue weighted by Crippen LogP contribution is 2.35. The number of nitrogen functional groups attached to an aromatic ring is 1. The number of hydrogen-bond donors (Lipinski definition) is 3. The van der Waals surface area contributed by atoms with E-state index in [0.29, 0.717) is 17.2 Å². The topological polar surface area (TPSA) is 153 Å². The van der Waals surface area contributed by atoms with Gasteiger partial charge in [-0.15, -0.1) is 0 Å². The summed E-state index contributed by atoms with van der Waals surface area (Å²) in [7, 11) is 0. The number of nitro benzene ring substituents is 1. The van der Waals surface area contributed by atoms with Crippen molar-refractivity contribution in [2.24, 2.45) is 5.73 Å². The number of carbonyl (C=O) groups is 2. The molecule has 0 saturated heterocycles. The second-order valence-corrected chi connectivity index (χ2v) is 5.83. The number of nitrogens with zero attached hydrogens (tertiary/aromatic N) is 2. The maximum absolute atomic E-state index is 12.8. The van der Waals surface area contributed by atoms with Crippen molar-refractivity contribution in [2.75, 3.05) is 12.3 Å². The molecule has 1 heterocycles. The predicted octanol–water partition coefficient (Wildman–Crippen LogP) is 0.983. The largest absolute Gasteiger partial charge is 0.399 e. The smallest absolute Gasteiger partial charge is 0.270 e. The molecule has 0 bridgehead atoms. The molecule has 0 aromatic heterocycles. The lowest BCUT2D eigenvalue weighted by Gasteiger charge is -2.31. The Morgan fingerprint density at radius 2 is 1.80 bits per heavy atom. The molecule has 1 aliphatic heterocycles. The van der Waals surface area contributed by atoms with Crippen LogP contribution in [-0.2, 0) is 0 Å². The van der Waals surface area contributed by atoms with Gasteiger partial charge in [0.2, 0.25) is 0 Å². The van der Waals surface area contributed by atoms with E-state index >= 15 is 0 Å². The van der Waals surface area contributed by atoms with E-state index in [9.17, 15) is 19.7 Å². The van der Waals surface area contributed by atoms with Crippen molar-refractivity contribution in [3.8, 4) is 0 Å². The Hall–Kier alpha value is -3.04. The zero-order valence-electron chi connectivity index (χ0n) is 13.1. The molecule has 1 aliphatic rings. The Labute approximate surface area is 142 Å². The van der Waals surface area contributed by atoms with Crippen LogP contribution in [0.15, 0.2) is 24.3 Å². The molecule has 25 heavy (non-hydrogen) atoms. The van der Waals surface area contributed by atoms with E-state index in [4.69, 9.17) is 16.6 Å². The fraction of sp³-hybridized carbons (Fsp3) is 0.250. The minimum absolute atomic E-state index is 0.0400. The van der Waals surface area contributed by atoms with Gasteiger partial charge in [-0.05, 0) is 30.4 Å². The third-order valence-electron chi connectivity index (χ3n) is 4.16. The molecular weight excluding hydrogens is 328 g/mol. The number of nitro groups is 1. The standard InChI is InChI=1S/C16H16N4O5/c17-9-4-8-5-10(20(24)25)7-12-14(8)11(6-9)15(22)19(16(12)23)13(18)2-1-3-21/h4-7,13,21H,1-3,17-18H2. The van der Waals surface area contributed by atoms with Gasteiger partial charge in [0.15, 0.2) is 0 Å². The molecule has 2 aromatic carbocycles. The van der Waals surface area contributed by atoms with E-state index in [1.165, 1.54) is 18.2 Å². The summed E-state index contributed by atoms with van der Waals surface area (Å²) >= 11 is 0. The number of non-ortho nitro benzene ring substituents is 1. The van der Waals surface area contributed by atoms with Crippen LogP contribution in [-0.4, -0.2) is 39.5 Å². The summed E-state index contributed by atoms with van der Waals surface area (Å²) in [5.74, 6) is -1.30. The van der Waals surface area contributed by atoms with Crippen LogP contribution in [0.2, 0.25) is 0 Å². The van der Waals surface area contributed by atoms with Crippen LogP contribution in [0.3, 0.4) is 0 Å². The molecule has 0 saturated carbocycles. The van der Waals surface area contributed by atoms with Gasteiger partial charge in [-0.2, -0.15) is 0 Å². The Morgan fingerprint density at radius 3 is 2.40 bits per heavy atom. The molecule has 9 heteroatoms. The molecule has 3 rings (SSSR count). The number of benzene rings is 2. The summed E-state index contributed by atoms with van der Waals surface area (Å²) in [6.07, 6.45) is -0.424. The van der Waals surface area contributed by atoms with Crippen molar-refractivity contribution in [2.45, 2.75) is 19.0 Å². The van der Waals surface area contributed by atoms with Gasteiger partial charge in [-0.3, -0.25) is 24.6 Å². The molecule has 0 radical (unpaired) electrons. The van der Waals surface area contributed by atoms with Crippen LogP contribution in [0.1, 0.15) is 33.6 Å². The summed E-state index contributed by atoms with van der Waals surface area (Å²) in [6, 6.07) is 5.33. The van der Waals surface area contributed by atoms with E-state index in [1.807, 2.05) is 0 Å². The molecule has 5 N–H and O–H groups in total. The maximum Gasteiger partial charge on any atom is 0.270 e. The van der Waals surface area contributed by atoms with Crippen molar-refractivity contribution < 1.29 is 19.6 Å². The first-order chi connectivity index (χ1) is 11.8. The van der Waals surface area contributed by atoms with E-state index < -0.39 is 22.9 Å². The monoisotopic (exact) mass is 344 g/mol. The zero-order valence-corrected chi connectivity index (χ0v) is 13.1. The van der Waals surface area contributed by atoms with Gasteiger partial charge >= 0.3 is 0 Å². The zero-order chi connectivity index (χ0) is 18.3. The Kier molecular flexibility index (Phi) is 4.11. The van der Waals surface area contributed by atoms with Crippen molar-refractivity contribution in [3.05, 3.63) is 45.5 Å². The highest BCUT2D eigenvalue weighted by atomic mass is 16.6. The normalized spacial score (nSPS) is 14.9. The van der Waals surface area contributed by atoms with Gasteiger partial charge in [0, 0.05) is 29.8 Å². The molecule has 0 aliphatic carbocycles. The van der Waals surface area contributed by atoms with Crippen LogP contribution in [0, 0.1) is 10.1 Å². The van der Waals surface area contributed by atoms with E-state index in [0.717, 1.165) is 11.0 Å². The summed E-state index contributed by atoms with van der Waals surface area (Å²) < 4.78 is 0. The highest BCUT2D eigenvalue weighted by Gasteiger charge is 2.37. The van der Waals surface area contributed by atoms with Gasteiger partial charge in [0.1, 0.15) is 0 Å². The van der Waals surface area contributed by atoms with E-state index in [-0.39, 0.29) is 35.5 Å². The van der Waals surface area contributed by atoms with Crippen LogP contribution < -0.4 is 11.5 Å². The molecule has 1 atom stereocenters. The molecule has 130 valence electrons. The van der Waals surface area contributed by atoms with Crippen molar-refractivity contribution in [1.82, 2.24) is 4.90 Å². The lowest BCUT2D eigenvalue weighted by atomic mass is 9.92. The van der Waals surface area contributed by atoms with Crippen LogP contribution >= 0.6 is 0 Å². The summed E-state index contributed by atoms with van der Waals surface area (Å²) in [5.41, 5.74) is 12.0. The van der Waals surface area contributed by atoms with E-state index in [2.05, 4.69) is 0 Å². The minimum atomic E-state index is -0.948. The molecule has 1 unspecified atom stereocenters. The van der Waals surface area contributed by atoms with Gasteiger partial charge in [0.05, 0.1) is 22.2 Å². The number of rotatable bonds is 5. The number of carbonyl (C=O) groups excluding carboxylic acids is 2. The Morgan fingerprint density at radius 1 is 1.16 bits per heavy atom. The number of aliphatic hydroxyl groups is 1. The fourth-order valence-electron chi connectivity index (χ4n) is 3.05. The first-order valence-corrected chi connectivity index (χ1v) is 7.61. The lowest BCUT2D eigenvalue weighted by Crippen LogP contribution is -2.51. The Balaban J connectivity index is 2.23. The summed E-state index contributed by atoms with van der Waals surface area (Å²) in [4.78, 5) is 37.0. The first kappa shape index (κ1) is 16.8. The second-order valence-electron chi connectivity index (χ2n) is 5.83. The molecule has 2 amide bonds. The predicted molar refractivity (Wildman–Crippen MR) is 89.8 cm³/mol. The van der Waals surface area contributed by atoms with Gasteiger partial charge in [-0.1, -0.05) is 0 Å². The molecule has 0 fully saturated rings. The van der Waals surface area contributed by atoms with Crippen LogP contribution in [0.5, 0.6) is 0 Å².